The number of rotatable bonds is 4. The lowest BCUT2D eigenvalue weighted by Gasteiger charge is -2.29. The van der Waals surface area contributed by atoms with Crippen molar-refractivity contribution in [1.82, 2.24) is 9.97 Å². The Morgan fingerprint density at radius 1 is 1.06 bits per heavy atom. The average molecular weight is 489 g/mol. The molecule has 1 saturated heterocycles. The molecule has 1 aliphatic rings. The smallest absolute Gasteiger partial charge is 0.378 e. The second-order valence-corrected chi connectivity index (χ2v) is 9.39. The number of morpholine rings is 1. The summed E-state index contributed by atoms with van der Waals surface area (Å²) >= 11 is 0. The number of nitriles is 1. The second kappa shape index (κ2) is 8.92. The predicted molar refractivity (Wildman–Crippen MR) is 117 cm³/mol. The standard InChI is InChI=1S/C22H18F3N5O3S/c23-22(24,25)20-19(13-28-21(27)29-20)15-9-16(30-5-7-33-8-6-30)11-18(10-15)34(31,32)17-3-1-14(12-26)2-4-17/h1-4,9-11,13H,5-8H2,(H2,27,28,29). The molecular formula is C22H18F3N5O3S. The van der Waals surface area contributed by atoms with Crippen molar-refractivity contribution in [2.45, 2.75) is 16.0 Å². The molecule has 0 atom stereocenters. The van der Waals surface area contributed by atoms with E-state index in [1.165, 1.54) is 36.4 Å². The number of hydrogen-bond acceptors (Lipinski definition) is 8. The third-order valence-electron chi connectivity index (χ3n) is 5.26. The highest BCUT2D eigenvalue weighted by Gasteiger charge is 2.37. The molecule has 1 fully saturated rings. The zero-order valence-corrected chi connectivity index (χ0v) is 18.4. The van der Waals surface area contributed by atoms with Crippen LogP contribution >= 0.6 is 0 Å². The van der Waals surface area contributed by atoms with Crippen LogP contribution in [0.4, 0.5) is 24.8 Å². The molecule has 3 aromatic rings. The van der Waals surface area contributed by atoms with E-state index in [4.69, 9.17) is 15.7 Å². The number of benzene rings is 2. The van der Waals surface area contributed by atoms with Gasteiger partial charge in [0.05, 0.1) is 34.6 Å². The molecule has 0 saturated carbocycles. The molecule has 0 aliphatic carbocycles. The molecule has 0 amide bonds. The van der Waals surface area contributed by atoms with Gasteiger partial charge in [0.1, 0.15) is 0 Å². The van der Waals surface area contributed by atoms with Gasteiger partial charge < -0.3 is 15.4 Å². The van der Waals surface area contributed by atoms with Crippen molar-refractivity contribution in [3.05, 3.63) is 59.9 Å². The van der Waals surface area contributed by atoms with Crippen molar-refractivity contribution < 1.29 is 26.3 Å². The molecule has 8 nitrogen and oxygen atoms in total. The summed E-state index contributed by atoms with van der Waals surface area (Å²) < 4.78 is 73.3. The fourth-order valence-corrected chi connectivity index (χ4v) is 4.89. The number of halogens is 3. The highest BCUT2D eigenvalue weighted by Crippen LogP contribution is 2.38. The van der Waals surface area contributed by atoms with Crippen molar-refractivity contribution in [2.75, 3.05) is 36.9 Å². The first-order valence-electron chi connectivity index (χ1n) is 10.0. The summed E-state index contributed by atoms with van der Waals surface area (Å²) in [4.78, 5) is 8.58. The molecule has 34 heavy (non-hydrogen) atoms. The lowest BCUT2D eigenvalue weighted by atomic mass is 10.0. The Morgan fingerprint density at radius 3 is 2.35 bits per heavy atom. The van der Waals surface area contributed by atoms with Gasteiger partial charge in [-0.1, -0.05) is 0 Å². The van der Waals surface area contributed by atoms with Crippen LogP contribution in [0.25, 0.3) is 11.1 Å². The van der Waals surface area contributed by atoms with Crippen molar-refractivity contribution >= 4 is 21.5 Å². The van der Waals surface area contributed by atoms with E-state index >= 15 is 0 Å². The van der Waals surface area contributed by atoms with Crippen LogP contribution in [-0.4, -0.2) is 44.7 Å². The molecule has 1 aromatic heterocycles. The number of anilines is 2. The van der Waals surface area contributed by atoms with Crippen LogP contribution in [-0.2, 0) is 20.8 Å². The van der Waals surface area contributed by atoms with Gasteiger partial charge >= 0.3 is 6.18 Å². The first kappa shape index (κ1) is 23.5. The Bertz CT molecular complexity index is 1360. The number of nitrogen functional groups attached to an aromatic ring is 1. The van der Waals surface area contributed by atoms with Gasteiger partial charge in [0.2, 0.25) is 15.8 Å². The number of sulfone groups is 1. The monoisotopic (exact) mass is 489 g/mol. The minimum absolute atomic E-state index is 0.0245. The Morgan fingerprint density at radius 2 is 1.74 bits per heavy atom. The van der Waals surface area contributed by atoms with Gasteiger partial charge in [-0.3, -0.25) is 0 Å². The number of aromatic nitrogens is 2. The Kier molecular flexibility index (Phi) is 6.16. The minimum Gasteiger partial charge on any atom is -0.378 e. The maximum atomic E-state index is 13.7. The van der Waals surface area contributed by atoms with Crippen LogP contribution in [0.2, 0.25) is 0 Å². The number of alkyl halides is 3. The zero-order chi connectivity index (χ0) is 24.5. The third kappa shape index (κ3) is 4.66. The van der Waals surface area contributed by atoms with Crippen molar-refractivity contribution in [3.8, 4) is 17.2 Å². The van der Waals surface area contributed by atoms with E-state index in [1.54, 1.807) is 0 Å². The Labute approximate surface area is 193 Å². The molecule has 1 aliphatic heterocycles. The third-order valence-corrected chi connectivity index (χ3v) is 7.01. The minimum atomic E-state index is -4.84. The first-order chi connectivity index (χ1) is 16.1. The first-order valence-corrected chi connectivity index (χ1v) is 11.5. The Balaban J connectivity index is 1.92. The highest BCUT2D eigenvalue weighted by atomic mass is 32.2. The largest absolute Gasteiger partial charge is 0.434 e. The number of ether oxygens (including phenoxy) is 1. The van der Waals surface area contributed by atoms with E-state index in [9.17, 15) is 21.6 Å². The van der Waals surface area contributed by atoms with Gasteiger partial charge in [0, 0.05) is 30.5 Å². The van der Waals surface area contributed by atoms with E-state index in [2.05, 4.69) is 9.97 Å². The summed E-state index contributed by atoms with van der Waals surface area (Å²) in [5.41, 5.74) is 4.39. The molecule has 0 unspecified atom stereocenters. The van der Waals surface area contributed by atoms with Gasteiger partial charge in [-0.05, 0) is 48.0 Å². The maximum absolute atomic E-state index is 13.7. The summed E-state index contributed by atoms with van der Waals surface area (Å²) in [5, 5.41) is 8.97. The van der Waals surface area contributed by atoms with Crippen LogP contribution in [0.1, 0.15) is 11.3 Å². The topological polar surface area (TPSA) is 122 Å². The van der Waals surface area contributed by atoms with Gasteiger partial charge in [-0.25, -0.2) is 18.4 Å². The van der Waals surface area contributed by atoms with E-state index in [0.29, 0.717) is 32.0 Å². The summed E-state index contributed by atoms with van der Waals surface area (Å²) in [7, 11) is -4.13. The van der Waals surface area contributed by atoms with Crippen LogP contribution in [0.3, 0.4) is 0 Å². The molecule has 0 bridgehead atoms. The van der Waals surface area contributed by atoms with Crippen LogP contribution in [0.5, 0.6) is 0 Å². The van der Waals surface area contributed by atoms with Crippen molar-refractivity contribution in [2.24, 2.45) is 0 Å². The summed E-state index contributed by atoms with van der Waals surface area (Å²) in [6.45, 7) is 1.65. The Hall–Kier alpha value is -3.69. The quantitative estimate of drug-likeness (QED) is 0.593. The normalized spacial score (nSPS) is 14.6. The number of nitrogens with two attached hydrogens (primary N) is 1. The fourth-order valence-electron chi connectivity index (χ4n) is 3.57. The number of nitrogens with zero attached hydrogens (tertiary/aromatic N) is 4. The number of hydrogen-bond donors (Lipinski definition) is 1. The molecule has 2 N–H and O–H groups in total. The van der Waals surface area contributed by atoms with Crippen LogP contribution < -0.4 is 10.6 Å². The van der Waals surface area contributed by atoms with Crippen LogP contribution in [0.15, 0.2) is 58.5 Å². The molecule has 4 rings (SSSR count). The van der Waals surface area contributed by atoms with Gasteiger partial charge in [-0.2, -0.15) is 18.4 Å². The van der Waals surface area contributed by atoms with E-state index < -0.39 is 33.2 Å². The van der Waals surface area contributed by atoms with E-state index in [1.807, 2.05) is 11.0 Å². The summed E-state index contributed by atoms with van der Waals surface area (Å²) in [6, 6.07) is 11.2. The molecule has 12 heteroatoms. The van der Waals surface area contributed by atoms with E-state index in [-0.39, 0.29) is 20.9 Å². The van der Waals surface area contributed by atoms with Crippen molar-refractivity contribution in [1.29, 1.82) is 5.26 Å². The fraction of sp³-hybridized carbons (Fsp3) is 0.227. The lowest BCUT2D eigenvalue weighted by molar-refractivity contribution is -0.140. The van der Waals surface area contributed by atoms with E-state index in [0.717, 1.165) is 12.3 Å². The zero-order valence-electron chi connectivity index (χ0n) is 17.6. The molecule has 2 heterocycles. The molecule has 176 valence electrons. The molecule has 0 radical (unpaired) electrons. The second-order valence-electron chi connectivity index (χ2n) is 7.44. The van der Waals surface area contributed by atoms with Gasteiger partial charge in [0.15, 0.2) is 5.69 Å². The average Bonchev–Trinajstić information content (AvgIpc) is 2.83. The molecule has 0 spiro atoms. The summed E-state index contributed by atoms with van der Waals surface area (Å²) in [5.74, 6) is -0.550. The van der Waals surface area contributed by atoms with Crippen LogP contribution in [0, 0.1) is 11.3 Å². The molecular weight excluding hydrogens is 471 g/mol. The van der Waals surface area contributed by atoms with Crippen molar-refractivity contribution in [3.63, 3.8) is 0 Å². The molecule has 2 aromatic carbocycles. The highest BCUT2D eigenvalue weighted by molar-refractivity contribution is 7.91. The van der Waals surface area contributed by atoms with Gasteiger partial charge in [0.25, 0.3) is 0 Å². The maximum Gasteiger partial charge on any atom is 0.434 e. The SMILES string of the molecule is N#Cc1ccc(S(=O)(=O)c2cc(-c3cnc(N)nc3C(F)(F)F)cc(N3CCOCC3)c2)cc1. The summed E-state index contributed by atoms with van der Waals surface area (Å²) in [6.07, 6.45) is -3.91. The lowest BCUT2D eigenvalue weighted by Crippen LogP contribution is -2.36. The predicted octanol–water partition coefficient (Wildman–Crippen LogP) is 3.29. The van der Waals surface area contributed by atoms with Gasteiger partial charge in [-0.15, -0.1) is 0 Å².